The van der Waals surface area contributed by atoms with E-state index in [1.54, 1.807) is 6.07 Å². The lowest BCUT2D eigenvalue weighted by atomic mass is 10.1. The Balaban J connectivity index is 1.95. The molecule has 1 heterocycles. The number of hydrogen-bond donors (Lipinski definition) is 3. The molecule has 0 bridgehead atoms. The van der Waals surface area contributed by atoms with Crippen LogP contribution in [0, 0.1) is 0 Å². The molecule has 27 heavy (non-hydrogen) atoms. The lowest BCUT2D eigenvalue weighted by Crippen LogP contribution is -2.39. The minimum atomic E-state index is -0.612. The Labute approximate surface area is 171 Å². The number of aliphatic imine (C=N–C) groups is 1. The second-order valence-corrected chi connectivity index (χ2v) is 8.13. The Morgan fingerprint density at radius 2 is 2.00 bits per heavy atom. The van der Waals surface area contributed by atoms with Crippen LogP contribution in [0.4, 0.5) is 0 Å². The lowest BCUT2D eigenvalue weighted by molar-refractivity contribution is 0.184. The summed E-state index contributed by atoms with van der Waals surface area (Å²) in [5.41, 5.74) is 2.45. The number of hydrogen-bond acceptors (Lipinski definition) is 4. The van der Waals surface area contributed by atoms with Crippen LogP contribution in [-0.2, 0) is 13.1 Å². The largest absolute Gasteiger partial charge is 0.386 e. The third kappa shape index (κ3) is 7.50. The van der Waals surface area contributed by atoms with Crippen LogP contribution in [-0.4, -0.2) is 42.6 Å². The first-order chi connectivity index (χ1) is 13.0. The summed E-state index contributed by atoms with van der Waals surface area (Å²) < 4.78 is 0.679. The molecule has 2 aromatic rings. The van der Waals surface area contributed by atoms with Gasteiger partial charge in [-0.3, -0.25) is 0 Å². The fraction of sp³-hybridized carbons (Fsp3) is 0.450. The highest BCUT2D eigenvalue weighted by molar-refractivity contribution is 7.16. The molecule has 0 aliphatic heterocycles. The molecule has 1 aromatic carbocycles. The molecular formula is C20H29ClN4OS. The van der Waals surface area contributed by atoms with E-state index in [2.05, 4.69) is 58.8 Å². The molecule has 2 rings (SSSR count). The zero-order valence-electron chi connectivity index (χ0n) is 16.2. The van der Waals surface area contributed by atoms with Gasteiger partial charge in [0.05, 0.1) is 10.9 Å². The van der Waals surface area contributed by atoms with E-state index >= 15 is 0 Å². The van der Waals surface area contributed by atoms with Crippen LogP contribution in [0.25, 0.3) is 0 Å². The number of thiophene rings is 1. The van der Waals surface area contributed by atoms with Crippen LogP contribution in [0.3, 0.4) is 0 Å². The van der Waals surface area contributed by atoms with Gasteiger partial charge in [-0.15, -0.1) is 11.3 Å². The van der Waals surface area contributed by atoms with Crippen molar-refractivity contribution in [3.8, 4) is 0 Å². The molecule has 148 valence electrons. The van der Waals surface area contributed by atoms with Gasteiger partial charge in [0.1, 0.15) is 6.10 Å². The summed E-state index contributed by atoms with van der Waals surface area (Å²) in [6.45, 7) is 7.85. The first-order valence-corrected chi connectivity index (χ1v) is 10.4. The van der Waals surface area contributed by atoms with E-state index in [1.165, 1.54) is 22.5 Å². The van der Waals surface area contributed by atoms with Crippen molar-refractivity contribution >= 4 is 28.9 Å². The third-order valence-corrected chi connectivity index (χ3v) is 5.47. The maximum atomic E-state index is 10.3. The normalized spacial score (nSPS) is 13.0. The van der Waals surface area contributed by atoms with Gasteiger partial charge in [0, 0.05) is 24.5 Å². The highest BCUT2D eigenvalue weighted by atomic mass is 35.5. The van der Waals surface area contributed by atoms with Crippen LogP contribution in [0.2, 0.25) is 4.34 Å². The van der Waals surface area contributed by atoms with Crippen molar-refractivity contribution in [2.45, 2.75) is 33.0 Å². The van der Waals surface area contributed by atoms with Crippen molar-refractivity contribution in [1.29, 1.82) is 0 Å². The zero-order valence-corrected chi connectivity index (χ0v) is 17.8. The fourth-order valence-electron chi connectivity index (χ4n) is 2.56. The number of nitrogens with one attached hydrogen (secondary N) is 2. The average molecular weight is 409 g/mol. The molecule has 7 heteroatoms. The predicted octanol–water partition coefficient (Wildman–Crippen LogP) is 3.64. The van der Waals surface area contributed by atoms with Gasteiger partial charge in [0.15, 0.2) is 5.96 Å². The van der Waals surface area contributed by atoms with E-state index in [0.29, 0.717) is 23.4 Å². The van der Waals surface area contributed by atoms with Gasteiger partial charge in [-0.05, 0) is 43.8 Å². The number of aliphatic hydroxyl groups excluding tert-OH is 1. The molecule has 0 spiro atoms. The Hall–Kier alpha value is -1.60. The van der Waals surface area contributed by atoms with Gasteiger partial charge in [-0.1, -0.05) is 42.8 Å². The topological polar surface area (TPSA) is 59.9 Å². The highest BCUT2D eigenvalue weighted by Crippen LogP contribution is 2.26. The number of benzene rings is 1. The summed E-state index contributed by atoms with van der Waals surface area (Å²) in [4.78, 5) is 7.76. The standard InChI is InChI=1S/C20H29ClN4OS/c1-4-22-20(24-13-17(26)18-9-10-19(21)27-18)23-12-15-7-6-8-16(11-15)14-25(3)5-2/h6-11,17,26H,4-5,12-14H2,1-3H3,(H2,22,23,24). The first kappa shape index (κ1) is 21.7. The number of halogens is 1. The highest BCUT2D eigenvalue weighted by Gasteiger charge is 2.11. The van der Waals surface area contributed by atoms with Crippen molar-refractivity contribution < 1.29 is 5.11 Å². The molecule has 5 nitrogen and oxygen atoms in total. The summed E-state index contributed by atoms with van der Waals surface area (Å²) in [6.07, 6.45) is -0.612. The molecule has 0 saturated heterocycles. The van der Waals surface area contributed by atoms with Gasteiger partial charge >= 0.3 is 0 Å². The number of guanidine groups is 1. The smallest absolute Gasteiger partial charge is 0.191 e. The van der Waals surface area contributed by atoms with E-state index in [4.69, 9.17) is 11.6 Å². The van der Waals surface area contributed by atoms with Gasteiger partial charge < -0.3 is 20.6 Å². The molecule has 1 unspecified atom stereocenters. The minimum Gasteiger partial charge on any atom is -0.386 e. The Morgan fingerprint density at radius 3 is 2.67 bits per heavy atom. The molecule has 1 atom stereocenters. The third-order valence-electron chi connectivity index (χ3n) is 4.13. The molecule has 0 aliphatic rings. The second kappa shape index (κ2) is 11.3. The van der Waals surface area contributed by atoms with E-state index in [-0.39, 0.29) is 0 Å². The van der Waals surface area contributed by atoms with E-state index in [0.717, 1.165) is 24.5 Å². The predicted molar refractivity (Wildman–Crippen MR) is 116 cm³/mol. The fourth-order valence-corrected chi connectivity index (χ4v) is 3.61. The maximum Gasteiger partial charge on any atom is 0.191 e. The molecule has 1 aromatic heterocycles. The Kier molecular flexibility index (Phi) is 9.07. The summed E-state index contributed by atoms with van der Waals surface area (Å²) in [5.74, 6) is 0.690. The van der Waals surface area contributed by atoms with Crippen molar-refractivity contribution in [1.82, 2.24) is 15.5 Å². The monoisotopic (exact) mass is 408 g/mol. The molecule has 0 amide bonds. The minimum absolute atomic E-state index is 0.379. The van der Waals surface area contributed by atoms with E-state index < -0.39 is 6.10 Å². The van der Waals surface area contributed by atoms with Crippen LogP contribution in [0.15, 0.2) is 41.4 Å². The quantitative estimate of drug-likeness (QED) is 0.438. The maximum absolute atomic E-state index is 10.3. The number of rotatable bonds is 9. The van der Waals surface area contributed by atoms with Crippen molar-refractivity contribution in [3.63, 3.8) is 0 Å². The van der Waals surface area contributed by atoms with Crippen molar-refractivity contribution in [2.75, 3.05) is 26.7 Å². The number of aliphatic hydroxyl groups is 1. The summed E-state index contributed by atoms with van der Waals surface area (Å²) in [5, 5.41) is 16.7. The summed E-state index contributed by atoms with van der Waals surface area (Å²) in [6, 6.07) is 12.2. The van der Waals surface area contributed by atoms with E-state index in [1.807, 2.05) is 13.0 Å². The second-order valence-electron chi connectivity index (χ2n) is 6.38. The number of nitrogens with zero attached hydrogens (tertiary/aromatic N) is 2. The van der Waals surface area contributed by atoms with Crippen LogP contribution in [0.1, 0.15) is 36.0 Å². The lowest BCUT2D eigenvalue weighted by Gasteiger charge is -2.15. The van der Waals surface area contributed by atoms with Gasteiger partial charge in [-0.25, -0.2) is 4.99 Å². The molecule has 0 saturated carbocycles. The van der Waals surface area contributed by atoms with Crippen LogP contribution >= 0.6 is 22.9 Å². The summed E-state index contributed by atoms with van der Waals surface area (Å²) in [7, 11) is 2.12. The van der Waals surface area contributed by atoms with Gasteiger partial charge in [0.25, 0.3) is 0 Å². The Bertz CT molecular complexity index is 734. The average Bonchev–Trinajstić information content (AvgIpc) is 3.10. The molecule has 0 fully saturated rings. The summed E-state index contributed by atoms with van der Waals surface area (Å²) >= 11 is 7.33. The SMILES string of the molecule is CCNC(=NCc1cccc(CN(C)CC)c1)NCC(O)c1ccc(Cl)s1. The molecule has 0 aliphatic carbocycles. The van der Waals surface area contributed by atoms with Crippen LogP contribution < -0.4 is 10.6 Å². The molecule has 3 N–H and O–H groups in total. The van der Waals surface area contributed by atoms with Gasteiger partial charge in [0.2, 0.25) is 0 Å². The molecular weight excluding hydrogens is 380 g/mol. The first-order valence-electron chi connectivity index (χ1n) is 9.23. The van der Waals surface area contributed by atoms with Crippen molar-refractivity contribution in [2.24, 2.45) is 4.99 Å². The van der Waals surface area contributed by atoms with Crippen LogP contribution in [0.5, 0.6) is 0 Å². The van der Waals surface area contributed by atoms with Gasteiger partial charge in [-0.2, -0.15) is 0 Å². The Morgan fingerprint density at radius 1 is 1.22 bits per heavy atom. The van der Waals surface area contributed by atoms with E-state index in [9.17, 15) is 5.11 Å². The zero-order chi connectivity index (χ0) is 19.6. The molecule has 0 radical (unpaired) electrons. The van der Waals surface area contributed by atoms with Crippen molar-refractivity contribution in [3.05, 3.63) is 56.7 Å².